The zero-order valence-electron chi connectivity index (χ0n) is 19.6. The summed E-state index contributed by atoms with van der Waals surface area (Å²) >= 11 is 0. The van der Waals surface area contributed by atoms with E-state index < -0.39 is 0 Å². The maximum atomic E-state index is 12.6. The lowest BCUT2D eigenvalue weighted by Gasteiger charge is -2.21. The summed E-state index contributed by atoms with van der Waals surface area (Å²) in [5.74, 6) is 0.377. The molecule has 0 aliphatic carbocycles. The smallest absolute Gasteiger partial charge is 0.260 e. The van der Waals surface area contributed by atoms with Crippen LogP contribution in [0.15, 0.2) is 48.5 Å². The molecule has 2 amide bonds. The van der Waals surface area contributed by atoms with Gasteiger partial charge in [-0.1, -0.05) is 56.3 Å². The Balaban J connectivity index is 1.55. The monoisotopic (exact) mass is 450 g/mol. The van der Waals surface area contributed by atoms with Crippen LogP contribution in [0.1, 0.15) is 73.5 Å². The van der Waals surface area contributed by atoms with Crippen LogP contribution in [0.2, 0.25) is 0 Å². The van der Waals surface area contributed by atoms with Crippen molar-refractivity contribution in [2.75, 3.05) is 19.7 Å². The predicted molar refractivity (Wildman–Crippen MR) is 128 cm³/mol. The van der Waals surface area contributed by atoms with Gasteiger partial charge in [0, 0.05) is 37.1 Å². The Hall–Kier alpha value is -3.15. The first-order chi connectivity index (χ1) is 16.0. The van der Waals surface area contributed by atoms with Crippen molar-refractivity contribution >= 4 is 17.6 Å². The largest absolute Gasteiger partial charge is 0.483 e. The molecule has 6 heteroatoms. The predicted octanol–water partition coefficient (Wildman–Crippen LogP) is 4.48. The second kappa shape index (κ2) is 12.2. The zero-order valence-corrected chi connectivity index (χ0v) is 19.6. The number of hydrogen-bond donors (Lipinski definition) is 1. The van der Waals surface area contributed by atoms with Crippen LogP contribution in [-0.2, 0) is 16.0 Å². The molecule has 0 bridgehead atoms. The van der Waals surface area contributed by atoms with Crippen molar-refractivity contribution in [2.24, 2.45) is 0 Å². The number of nitrogens with one attached hydrogen (secondary N) is 1. The van der Waals surface area contributed by atoms with Crippen LogP contribution in [0, 0.1) is 0 Å². The molecule has 1 aliphatic heterocycles. The fourth-order valence-electron chi connectivity index (χ4n) is 4.06. The Labute approximate surface area is 196 Å². The van der Waals surface area contributed by atoms with E-state index >= 15 is 0 Å². The molecule has 1 atom stereocenters. The lowest BCUT2D eigenvalue weighted by molar-refractivity contribution is -0.132. The average Bonchev–Trinajstić information content (AvgIpc) is 3.40. The van der Waals surface area contributed by atoms with Gasteiger partial charge in [0.25, 0.3) is 5.91 Å². The minimum absolute atomic E-state index is 0.00723. The number of ketones is 1. The van der Waals surface area contributed by atoms with Crippen molar-refractivity contribution in [3.05, 3.63) is 65.2 Å². The molecular formula is C27H34N2O4. The van der Waals surface area contributed by atoms with Crippen LogP contribution in [0.25, 0.3) is 0 Å². The number of ether oxygens (including phenoxy) is 1. The van der Waals surface area contributed by atoms with Crippen molar-refractivity contribution in [1.82, 2.24) is 10.2 Å². The molecule has 33 heavy (non-hydrogen) atoms. The second-order valence-corrected chi connectivity index (χ2v) is 8.42. The van der Waals surface area contributed by atoms with E-state index in [1.54, 1.807) is 0 Å². The van der Waals surface area contributed by atoms with Gasteiger partial charge in [0.05, 0.1) is 6.04 Å². The fraction of sp³-hybridized carbons (Fsp3) is 0.444. The summed E-state index contributed by atoms with van der Waals surface area (Å²) in [5.41, 5.74) is 2.65. The molecular weight excluding hydrogens is 416 g/mol. The van der Waals surface area contributed by atoms with Gasteiger partial charge in [-0.15, -0.1) is 0 Å². The molecule has 0 spiro atoms. The summed E-state index contributed by atoms with van der Waals surface area (Å²) in [6.45, 7) is 5.63. The lowest BCUT2D eigenvalue weighted by atomic mass is 10.0. The molecule has 1 unspecified atom stereocenters. The number of nitrogens with zero attached hydrogens (tertiary/aromatic N) is 1. The fourth-order valence-corrected chi connectivity index (χ4v) is 4.06. The highest BCUT2D eigenvalue weighted by Gasteiger charge is 2.21. The van der Waals surface area contributed by atoms with E-state index in [2.05, 4.69) is 12.2 Å². The Kier molecular flexibility index (Phi) is 9.04. The molecule has 6 nitrogen and oxygen atoms in total. The lowest BCUT2D eigenvalue weighted by Crippen LogP contribution is -2.32. The number of amides is 2. The minimum Gasteiger partial charge on any atom is -0.483 e. The molecule has 176 valence electrons. The van der Waals surface area contributed by atoms with Crippen LogP contribution in [-0.4, -0.2) is 42.2 Å². The van der Waals surface area contributed by atoms with E-state index in [0.717, 1.165) is 37.9 Å². The second-order valence-electron chi connectivity index (χ2n) is 8.42. The molecule has 0 radical (unpaired) electrons. The molecule has 3 rings (SSSR count). The molecule has 1 heterocycles. The Morgan fingerprint density at radius 2 is 1.67 bits per heavy atom. The van der Waals surface area contributed by atoms with Crippen LogP contribution in [0.5, 0.6) is 5.75 Å². The van der Waals surface area contributed by atoms with Crippen molar-refractivity contribution in [1.29, 1.82) is 0 Å². The van der Waals surface area contributed by atoms with E-state index in [9.17, 15) is 14.4 Å². The number of rotatable bonds is 11. The van der Waals surface area contributed by atoms with Gasteiger partial charge in [0.15, 0.2) is 12.4 Å². The number of carbonyl (C=O) groups excluding carboxylic acids is 3. The van der Waals surface area contributed by atoms with Gasteiger partial charge in [0.1, 0.15) is 5.75 Å². The van der Waals surface area contributed by atoms with Gasteiger partial charge in [-0.3, -0.25) is 14.4 Å². The highest BCUT2D eigenvalue weighted by molar-refractivity contribution is 5.98. The van der Waals surface area contributed by atoms with Gasteiger partial charge < -0.3 is 15.0 Å². The molecule has 1 saturated heterocycles. The number of para-hydroxylation sites is 1. The molecule has 1 N–H and O–H groups in total. The van der Waals surface area contributed by atoms with Crippen LogP contribution in [0.3, 0.4) is 0 Å². The summed E-state index contributed by atoms with van der Waals surface area (Å²) in [4.78, 5) is 39.2. The topological polar surface area (TPSA) is 75.7 Å². The van der Waals surface area contributed by atoms with E-state index in [1.165, 1.54) is 5.56 Å². The van der Waals surface area contributed by atoms with E-state index in [1.807, 2.05) is 60.4 Å². The van der Waals surface area contributed by atoms with E-state index in [4.69, 9.17) is 4.74 Å². The first-order valence-corrected chi connectivity index (χ1v) is 11.9. The number of aryl methyl sites for hydroxylation is 1. The summed E-state index contributed by atoms with van der Waals surface area (Å²) in [6, 6.07) is 14.8. The third-order valence-corrected chi connectivity index (χ3v) is 6.11. The van der Waals surface area contributed by atoms with Crippen molar-refractivity contribution in [3.8, 4) is 5.75 Å². The van der Waals surface area contributed by atoms with Crippen LogP contribution >= 0.6 is 0 Å². The minimum atomic E-state index is -0.255. The Morgan fingerprint density at radius 1 is 0.970 bits per heavy atom. The Morgan fingerprint density at radius 3 is 2.33 bits per heavy atom. The molecule has 0 saturated carbocycles. The normalized spacial score (nSPS) is 14.1. The SMILES string of the molecule is CCc1ccc(C(=O)CCC(=O)NC(CC)c2ccccc2OCC(=O)N2CCCC2)cc1. The van der Waals surface area contributed by atoms with Crippen molar-refractivity contribution in [2.45, 2.75) is 58.4 Å². The number of hydrogen-bond acceptors (Lipinski definition) is 4. The highest BCUT2D eigenvalue weighted by atomic mass is 16.5. The van der Waals surface area contributed by atoms with Gasteiger partial charge >= 0.3 is 0 Å². The molecule has 1 aliphatic rings. The maximum absolute atomic E-state index is 12.6. The standard InChI is InChI=1S/C27H34N2O4/c1-3-20-11-13-21(14-12-20)24(30)15-16-26(31)28-23(4-2)22-9-5-6-10-25(22)33-19-27(32)29-17-7-8-18-29/h5-6,9-14,23H,3-4,7-8,15-19H2,1-2H3,(H,28,31). The van der Waals surface area contributed by atoms with E-state index in [0.29, 0.717) is 17.7 Å². The maximum Gasteiger partial charge on any atom is 0.260 e. The number of likely N-dealkylation sites (tertiary alicyclic amines) is 1. The summed E-state index contributed by atoms with van der Waals surface area (Å²) in [7, 11) is 0. The average molecular weight is 451 g/mol. The summed E-state index contributed by atoms with van der Waals surface area (Å²) in [6.07, 6.45) is 3.96. The van der Waals surface area contributed by atoms with Crippen molar-refractivity contribution < 1.29 is 19.1 Å². The van der Waals surface area contributed by atoms with Crippen molar-refractivity contribution in [3.63, 3.8) is 0 Å². The first-order valence-electron chi connectivity index (χ1n) is 11.9. The molecule has 2 aromatic rings. The summed E-state index contributed by atoms with van der Waals surface area (Å²) in [5, 5.41) is 3.02. The van der Waals surface area contributed by atoms with Gasteiger partial charge in [-0.25, -0.2) is 0 Å². The Bertz CT molecular complexity index is 949. The first kappa shape index (κ1) is 24.5. The zero-order chi connectivity index (χ0) is 23.6. The number of carbonyl (C=O) groups is 3. The summed E-state index contributed by atoms with van der Waals surface area (Å²) < 4.78 is 5.85. The van der Waals surface area contributed by atoms with Gasteiger partial charge in [-0.05, 0) is 37.3 Å². The number of Topliss-reactive ketones (excluding diaryl/α,β-unsaturated/α-hetero) is 1. The van der Waals surface area contributed by atoms with Crippen LogP contribution < -0.4 is 10.1 Å². The quantitative estimate of drug-likeness (QED) is 0.512. The van der Waals surface area contributed by atoms with Gasteiger partial charge in [-0.2, -0.15) is 0 Å². The van der Waals surface area contributed by atoms with E-state index in [-0.39, 0.29) is 43.1 Å². The molecule has 0 aromatic heterocycles. The number of benzene rings is 2. The van der Waals surface area contributed by atoms with Gasteiger partial charge in [0.2, 0.25) is 5.91 Å². The third kappa shape index (κ3) is 6.91. The third-order valence-electron chi connectivity index (χ3n) is 6.11. The molecule has 1 fully saturated rings. The molecule has 2 aromatic carbocycles. The van der Waals surface area contributed by atoms with Crippen LogP contribution in [0.4, 0.5) is 0 Å². The highest BCUT2D eigenvalue weighted by Crippen LogP contribution is 2.27.